The molecule has 32 heavy (non-hydrogen) atoms. The van der Waals surface area contributed by atoms with Crippen molar-refractivity contribution < 1.29 is 29.5 Å². The summed E-state index contributed by atoms with van der Waals surface area (Å²) in [7, 11) is 0. The second-order valence-electron chi connectivity index (χ2n) is 8.27. The van der Waals surface area contributed by atoms with E-state index in [-0.39, 0.29) is 6.10 Å². The van der Waals surface area contributed by atoms with E-state index in [0.29, 0.717) is 35.8 Å². The monoisotopic (exact) mass is 480 g/mol. The predicted octanol–water partition coefficient (Wildman–Crippen LogP) is 3.50. The summed E-state index contributed by atoms with van der Waals surface area (Å²) in [6.07, 6.45) is -1.69. The van der Waals surface area contributed by atoms with Gasteiger partial charge in [-0.3, -0.25) is 0 Å². The number of benzene rings is 2. The third-order valence-electron chi connectivity index (χ3n) is 5.96. The highest BCUT2D eigenvalue weighted by molar-refractivity contribution is 7.99. The lowest BCUT2D eigenvalue weighted by molar-refractivity contribution is -0.200. The first kappa shape index (κ1) is 23.7. The van der Waals surface area contributed by atoms with Gasteiger partial charge in [0.05, 0.1) is 11.6 Å². The first-order valence-corrected chi connectivity index (χ1v) is 12.5. The molecule has 2 aromatic rings. The van der Waals surface area contributed by atoms with Crippen LogP contribution in [-0.4, -0.2) is 58.0 Å². The van der Waals surface area contributed by atoms with E-state index < -0.39 is 29.9 Å². The van der Waals surface area contributed by atoms with E-state index in [9.17, 15) is 15.3 Å². The van der Waals surface area contributed by atoms with Crippen molar-refractivity contribution in [1.82, 2.24) is 0 Å². The first-order valence-electron chi connectivity index (χ1n) is 10.8. The minimum atomic E-state index is -1.33. The number of thioether (sulfide) groups is 1. The summed E-state index contributed by atoms with van der Waals surface area (Å²) in [4.78, 5) is 0. The van der Waals surface area contributed by atoms with Crippen LogP contribution in [0, 0.1) is 0 Å². The predicted molar refractivity (Wildman–Crippen MR) is 125 cm³/mol. The molecule has 174 valence electrons. The van der Waals surface area contributed by atoms with Crippen LogP contribution in [0.4, 0.5) is 0 Å². The Morgan fingerprint density at radius 2 is 1.84 bits per heavy atom. The highest BCUT2D eigenvalue weighted by atomic mass is 35.5. The molecule has 1 fully saturated rings. The van der Waals surface area contributed by atoms with E-state index in [1.165, 1.54) is 11.8 Å². The van der Waals surface area contributed by atoms with Gasteiger partial charge in [0.1, 0.15) is 47.5 Å². The van der Waals surface area contributed by atoms with Crippen molar-refractivity contribution in [2.45, 2.75) is 62.6 Å². The van der Waals surface area contributed by atoms with Gasteiger partial charge >= 0.3 is 0 Å². The van der Waals surface area contributed by atoms with Gasteiger partial charge < -0.3 is 29.5 Å². The fourth-order valence-electron chi connectivity index (χ4n) is 4.37. The first-order chi connectivity index (χ1) is 15.3. The zero-order chi connectivity index (χ0) is 23.0. The van der Waals surface area contributed by atoms with Gasteiger partial charge in [-0.1, -0.05) is 23.7 Å². The molecule has 0 saturated carbocycles. The lowest BCUT2D eigenvalue weighted by atomic mass is 9.90. The maximum atomic E-state index is 10.8. The van der Waals surface area contributed by atoms with Crippen molar-refractivity contribution in [3.05, 3.63) is 57.6 Å². The Morgan fingerprint density at radius 3 is 2.50 bits per heavy atom. The van der Waals surface area contributed by atoms with E-state index in [0.717, 1.165) is 22.4 Å². The Bertz CT molecular complexity index is 950. The number of aliphatic hydroxyl groups excluding tert-OH is 3. The maximum absolute atomic E-state index is 10.8. The Morgan fingerprint density at radius 1 is 1.12 bits per heavy atom. The van der Waals surface area contributed by atoms with Crippen molar-refractivity contribution in [1.29, 1.82) is 0 Å². The molecule has 2 aromatic carbocycles. The topological polar surface area (TPSA) is 88.4 Å². The molecule has 0 radical (unpaired) electrons. The van der Waals surface area contributed by atoms with Gasteiger partial charge in [0, 0.05) is 17.5 Å². The molecule has 6 nitrogen and oxygen atoms in total. The number of hydrogen-bond acceptors (Lipinski definition) is 7. The van der Waals surface area contributed by atoms with Gasteiger partial charge in [0.15, 0.2) is 0 Å². The summed E-state index contributed by atoms with van der Waals surface area (Å²) >= 11 is 8.09. The smallest absolute Gasteiger partial charge is 0.132 e. The molecule has 0 amide bonds. The van der Waals surface area contributed by atoms with Crippen molar-refractivity contribution in [2.24, 2.45) is 0 Å². The summed E-state index contributed by atoms with van der Waals surface area (Å²) in [5, 5.41) is 32.1. The lowest BCUT2D eigenvalue weighted by Gasteiger charge is -2.40. The molecule has 3 N–H and O–H groups in total. The summed E-state index contributed by atoms with van der Waals surface area (Å²) in [5.74, 6) is 1.42. The van der Waals surface area contributed by atoms with Crippen LogP contribution < -0.4 is 9.47 Å². The third-order valence-corrected chi connectivity index (χ3v) is 7.29. The third kappa shape index (κ3) is 4.47. The zero-order valence-electron chi connectivity index (χ0n) is 18.3. The normalized spacial score (nSPS) is 29.5. The van der Waals surface area contributed by atoms with Crippen LogP contribution in [0.15, 0.2) is 30.3 Å². The standard InChI is InChI=1S/C24H29ClO6S/c1-4-29-15-7-5-13(6-8-15)10-14-11-17(22-16(18(14)25)9-12(2)30-22)23-20(27)19(26)21(28)24(31-23)32-3/h5-8,11-12,19-21,23-24,26-28H,4,9-10H2,1-3H3/t12?,19-,20-,21+,23+,24-/m0/s1. The van der Waals surface area contributed by atoms with Crippen LogP contribution in [0.1, 0.15) is 42.2 Å². The van der Waals surface area contributed by atoms with Crippen LogP contribution in [0.25, 0.3) is 0 Å². The van der Waals surface area contributed by atoms with Crippen molar-refractivity contribution >= 4 is 23.4 Å². The van der Waals surface area contributed by atoms with Crippen LogP contribution in [0.3, 0.4) is 0 Å². The van der Waals surface area contributed by atoms with E-state index in [4.69, 9.17) is 25.8 Å². The Labute approximate surface area is 197 Å². The fraction of sp³-hybridized carbons (Fsp3) is 0.500. The summed E-state index contributed by atoms with van der Waals surface area (Å²) in [6.45, 7) is 4.52. The van der Waals surface area contributed by atoms with Gasteiger partial charge in [0.2, 0.25) is 0 Å². The number of hydrogen-bond donors (Lipinski definition) is 3. The highest BCUT2D eigenvalue weighted by Crippen LogP contribution is 2.47. The number of halogens is 1. The van der Waals surface area contributed by atoms with E-state index in [1.807, 2.05) is 44.2 Å². The second-order valence-corrected chi connectivity index (χ2v) is 9.58. The largest absolute Gasteiger partial charge is 0.494 e. The van der Waals surface area contributed by atoms with Crippen LogP contribution in [0.2, 0.25) is 5.02 Å². The maximum Gasteiger partial charge on any atom is 0.132 e. The lowest BCUT2D eigenvalue weighted by Crippen LogP contribution is -2.53. The second kappa shape index (κ2) is 9.79. The number of fused-ring (bicyclic) bond motifs is 1. The quantitative estimate of drug-likeness (QED) is 0.583. The van der Waals surface area contributed by atoms with Gasteiger partial charge in [-0.2, -0.15) is 0 Å². The summed E-state index contributed by atoms with van der Waals surface area (Å²) in [5.41, 5.74) is 2.81. The molecule has 1 unspecified atom stereocenters. The molecule has 2 aliphatic heterocycles. The molecule has 6 atom stereocenters. The molecule has 4 rings (SSSR count). The van der Waals surface area contributed by atoms with Crippen LogP contribution >= 0.6 is 23.4 Å². The van der Waals surface area contributed by atoms with Crippen molar-refractivity contribution in [3.8, 4) is 11.5 Å². The van der Waals surface area contributed by atoms with E-state index in [1.54, 1.807) is 6.26 Å². The van der Waals surface area contributed by atoms with Gasteiger partial charge in [0.25, 0.3) is 0 Å². The van der Waals surface area contributed by atoms with Crippen molar-refractivity contribution in [3.63, 3.8) is 0 Å². The van der Waals surface area contributed by atoms with Gasteiger partial charge in [-0.05, 0) is 55.9 Å². The number of ether oxygens (including phenoxy) is 3. The molecule has 8 heteroatoms. The molecular formula is C24H29ClO6S. The van der Waals surface area contributed by atoms with Crippen molar-refractivity contribution in [2.75, 3.05) is 12.9 Å². The van der Waals surface area contributed by atoms with Crippen LogP contribution in [0.5, 0.6) is 11.5 Å². The molecule has 2 aliphatic rings. The molecule has 0 spiro atoms. The Balaban J connectivity index is 1.72. The molecule has 0 aliphatic carbocycles. The zero-order valence-corrected chi connectivity index (χ0v) is 19.9. The fourth-order valence-corrected chi connectivity index (χ4v) is 5.32. The SMILES string of the molecule is CCOc1ccc(Cc2cc([C@H]3O[C@@H](SC)[C@H](O)[C@@H](O)[C@@H]3O)c3c(c2Cl)CC(C)O3)cc1. The molecular weight excluding hydrogens is 452 g/mol. The molecule has 0 aromatic heterocycles. The number of rotatable bonds is 6. The Kier molecular flexibility index (Phi) is 7.24. The molecule has 2 heterocycles. The van der Waals surface area contributed by atoms with Gasteiger partial charge in [-0.15, -0.1) is 11.8 Å². The minimum Gasteiger partial charge on any atom is -0.494 e. The summed E-state index contributed by atoms with van der Waals surface area (Å²) < 4.78 is 17.6. The van der Waals surface area contributed by atoms with Gasteiger partial charge in [-0.25, -0.2) is 0 Å². The van der Waals surface area contributed by atoms with E-state index in [2.05, 4.69) is 0 Å². The minimum absolute atomic E-state index is 0.0606. The molecule has 0 bridgehead atoms. The average Bonchev–Trinajstić information content (AvgIpc) is 3.18. The molecule has 1 saturated heterocycles. The average molecular weight is 481 g/mol. The number of aliphatic hydroxyl groups is 3. The van der Waals surface area contributed by atoms with E-state index >= 15 is 0 Å². The summed E-state index contributed by atoms with van der Waals surface area (Å²) in [6, 6.07) is 9.76. The Hall–Kier alpha value is -1.48. The van der Waals surface area contributed by atoms with Crippen LogP contribution in [-0.2, 0) is 17.6 Å². The highest BCUT2D eigenvalue weighted by Gasteiger charge is 2.46.